The second-order valence-corrected chi connectivity index (χ2v) is 4.40. The van der Waals surface area contributed by atoms with Crippen LogP contribution >= 0.6 is 0 Å². The molecule has 0 radical (unpaired) electrons. The third-order valence-corrected chi connectivity index (χ3v) is 2.25. The molecule has 16 heavy (non-hydrogen) atoms. The molecule has 0 saturated heterocycles. The average Bonchev–Trinajstić information content (AvgIpc) is 2.15. The lowest BCUT2D eigenvalue weighted by atomic mass is 10.2. The van der Waals surface area contributed by atoms with Crippen LogP contribution in [-0.4, -0.2) is 29.7 Å². The van der Waals surface area contributed by atoms with Gasteiger partial charge in [0.2, 0.25) is 0 Å². The van der Waals surface area contributed by atoms with Gasteiger partial charge in [0.15, 0.2) is 0 Å². The molecule has 1 aromatic heterocycles. The molecular weight excluding hydrogens is 204 g/mol. The molecule has 0 aliphatic carbocycles. The predicted molar refractivity (Wildman–Crippen MR) is 64.0 cm³/mol. The smallest absolute Gasteiger partial charge is 0.339 e. The van der Waals surface area contributed by atoms with Crippen LogP contribution in [0.5, 0.6) is 0 Å². The van der Waals surface area contributed by atoms with Gasteiger partial charge in [0.1, 0.15) is 11.4 Å². The summed E-state index contributed by atoms with van der Waals surface area (Å²) in [7, 11) is 1.87. The van der Waals surface area contributed by atoms with Gasteiger partial charge in [-0.2, -0.15) is 0 Å². The fourth-order valence-electron chi connectivity index (χ4n) is 1.64. The van der Waals surface area contributed by atoms with E-state index >= 15 is 0 Å². The van der Waals surface area contributed by atoms with Crippen LogP contribution in [0.25, 0.3) is 0 Å². The Labute approximate surface area is 95.9 Å². The number of anilines is 1. The first kappa shape index (κ1) is 12.5. The minimum absolute atomic E-state index is 0.258. The molecule has 1 rings (SSSR count). The molecule has 1 heterocycles. The van der Waals surface area contributed by atoms with E-state index in [-0.39, 0.29) is 5.56 Å². The summed E-state index contributed by atoms with van der Waals surface area (Å²) in [4.78, 5) is 17.2. The maximum Gasteiger partial charge on any atom is 0.339 e. The third-order valence-electron chi connectivity index (χ3n) is 2.25. The van der Waals surface area contributed by atoms with Crippen LogP contribution in [0.4, 0.5) is 5.82 Å². The van der Waals surface area contributed by atoms with E-state index in [0.717, 1.165) is 12.2 Å². The van der Waals surface area contributed by atoms with Crippen molar-refractivity contribution in [3.63, 3.8) is 0 Å². The number of aromatic nitrogens is 1. The Morgan fingerprint density at radius 1 is 1.50 bits per heavy atom. The molecule has 0 amide bonds. The molecule has 4 heteroatoms. The van der Waals surface area contributed by atoms with Gasteiger partial charge in [-0.1, -0.05) is 13.8 Å². The summed E-state index contributed by atoms with van der Waals surface area (Å²) in [5.74, 6) is 0.0771. The highest BCUT2D eigenvalue weighted by Crippen LogP contribution is 2.18. The summed E-state index contributed by atoms with van der Waals surface area (Å²) in [5, 5.41) is 9.07. The van der Waals surface area contributed by atoms with Gasteiger partial charge < -0.3 is 10.0 Å². The summed E-state index contributed by atoms with van der Waals surface area (Å²) < 4.78 is 0. The van der Waals surface area contributed by atoms with E-state index in [9.17, 15) is 4.79 Å². The van der Waals surface area contributed by atoms with Crippen molar-refractivity contribution in [2.75, 3.05) is 18.5 Å². The largest absolute Gasteiger partial charge is 0.478 e. The van der Waals surface area contributed by atoms with E-state index in [0.29, 0.717) is 11.7 Å². The number of carboxylic acids is 1. The van der Waals surface area contributed by atoms with Crippen LogP contribution in [0.2, 0.25) is 0 Å². The Morgan fingerprint density at radius 2 is 2.12 bits per heavy atom. The highest BCUT2D eigenvalue weighted by molar-refractivity contribution is 5.93. The van der Waals surface area contributed by atoms with Crippen molar-refractivity contribution in [3.05, 3.63) is 23.4 Å². The van der Waals surface area contributed by atoms with Gasteiger partial charge in [0.25, 0.3) is 0 Å². The summed E-state index contributed by atoms with van der Waals surface area (Å²) in [6, 6.07) is 3.33. The third kappa shape index (κ3) is 2.95. The molecule has 0 saturated carbocycles. The van der Waals surface area contributed by atoms with Gasteiger partial charge >= 0.3 is 5.97 Å². The highest BCUT2D eigenvalue weighted by Gasteiger charge is 2.15. The lowest BCUT2D eigenvalue weighted by Gasteiger charge is -2.22. The van der Waals surface area contributed by atoms with Crippen molar-refractivity contribution in [1.82, 2.24) is 4.98 Å². The van der Waals surface area contributed by atoms with Gasteiger partial charge in [-0.3, -0.25) is 0 Å². The van der Waals surface area contributed by atoms with Crippen molar-refractivity contribution < 1.29 is 9.90 Å². The predicted octanol–water partition coefficient (Wildman–Crippen LogP) is 2.18. The molecule has 1 aromatic rings. The zero-order chi connectivity index (χ0) is 12.3. The van der Waals surface area contributed by atoms with E-state index in [1.807, 2.05) is 18.9 Å². The molecule has 4 nitrogen and oxygen atoms in total. The molecule has 88 valence electrons. The minimum Gasteiger partial charge on any atom is -0.478 e. The molecule has 0 unspecified atom stereocenters. The monoisotopic (exact) mass is 222 g/mol. The molecule has 0 aromatic carbocycles. The number of aryl methyl sites for hydroxylation is 1. The van der Waals surface area contributed by atoms with Crippen LogP contribution in [0, 0.1) is 12.8 Å². The van der Waals surface area contributed by atoms with Crippen molar-refractivity contribution >= 4 is 11.8 Å². The highest BCUT2D eigenvalue weighted by atomic mass is 16.4. The molecule has 1 N–H and O–H groups in total. The fourth-order valence-corrected chi connectivity index (χ4v) is 1.64. The Morgan fingerprint density at radius 3 is 2.62 bits per heavy atom. The maximum absolute atomic E-state index is 11.1. The zero-order valence-electron chi connectivity index (χ0n) is 10.2. The first-order chi connectivity index (χ1) is 7.41. The second-order valence-electron chi connectivity index (χ2n) is 4.40. The number of carbonyl (C=O) groups is 1. The number of carboxylic acid groups (broad SMARTS) is 1. The van der Waals surface area contributed by atoms with E-state index in [1.165, 1.54) is 0 Å². The lowest BCUT2D eigenvalue weighted by Crippen LogP contribution is -2.25. The van der Waals surface area contributed by atoms with Gasteiger partial charge in [-0.05, 0) is 25.0 Å². The summed E-state index contributed by atoms with van der Waals surface area (Å²) in [5.41, 5.74) is 1.09. The minimum atomic E-state index is -0.932. The van der Waals surface area contributed by atoms with Crippen molar-refractivity contribution in [1.29, 1.82) is 0 Å². The standard InChI is InChI=1S/C12H18N2O2/c1-8(2)7-14(4)11-10(12(15)16)6-5-9(3)13-11/h5-6,8H,7H2,1-4H3,(H,15,16). The molecule has 0 aliphatic heterocycles. The number of aromatic carboxylic acids is 1. The molecular formula is C12H18N2O2. The topological polar surface area (TPSA) is 53.4 Å². The summed E-state index contributed by atoms with van der Waals surface area (Å²) in [6.45, 7) is 6.83. The normalized spacial score (nSPS) is 10.6. The Bertz CT molecular complexity index is 389. The van der Waals surface area contributed by atoms with Gasteiger partial charge in [-0.25, -0.2) is 9.78 Å². The lowest BCUT2D eigenvalue weighted by molar-refractivity contribution is 0.0697. The van der Waals surface area contributed by atoms with Gasteiger partial charge in [-0.15, -0.1) is 0 Å². The number of pyridine rings is 1. The molecule has 0 aliphatic rings. The van der Waals surface area contributed by atoms with E-state index < -0.39 is 5.97 Å². The van der Waals surface area contributed by atoms with E-state index in [2.05, 4.69) is 18.8 Å². The summed E-state index contributed by atoms with van der Waals surface area (Å²) >= 11 is 0. The Kier molecular flexibility index (Phi) is 3.88. The first-order valence-electron chi connectivity index (χ1n) is 5.34. The average molecular weight is 222 g/mol. The van der Waals surface area contributed by atoms with Crippen molar-refractivity contribution in [2.24, 2.45) is 5.92 Å². The maximum atomic E-state index is 11.1. The number of hydrogen-bond donors (Lipinski definition) is 1. The summed E-state index contributed by atoms with van der Waals surface area (Å²) in [6.07, 6.45) is 0. The van der Waals surface area contributed by atoms with Crippen LogP contribution in [0.3, 0.4) is 0 Å². The number of rotatable bonds is 4. The zero-order valence-corrected chi connectivity index (χ0v) is 10.2. The van der Waals surface area contributed by atoms with Crippen LogP contribution in [0.15, 0.2) is 12.1 Å². The molecule has 0 spiro atoms. The molecule has 0 fully saturated rings. The first-order valence-corrected chi connectivity index (χ1v) is 5.34. The quantitative estimate of drug-likeness (QED) is 0.848. The van der Waals surface area contributed by atoms with Crippen LogP contribution in [0.1, 0.15) is 29.9 Å². The molecule has 0 atom stereocenters. The second kappa shape index (κ2) is 4.96. The van der Waals surface area contributed by atoms with E-state index in [1.54, 1.807) is 12.1 Å². The SMILES string of the molecule is Cc1ccc(C(=O)O)c(N(C)CC(C)C)n1. The van der Waals surface area contributed by atoms with Crippen molar-refractivity contribution in [3.8, 4) is 0 Å². The van der Waals surface area contributed by atoms with Crippen molar-refractivity contribution in [2.45, 2.75) is 20.8 Å². The number of nitrogens with zero attached hydrogens (tertiary/aromatic N) is 2. The number of hydrogen-bond acceptors (Lipinski definition) is 3. The Balaban J connectivity index is 3.09. The van der Waals surface area contributed by atoms with Crippen LogP contribution < -0.4 is 4.90 Å². The molecule has 0 bridgehead atoms. The van der Waals surface area contributed by atoms with Gasteiger partial charge in [0.05, 0.1) is 0 Å². The van der Waals surface area contributed by atoms with E-state index in [4.69, 9.17) is 5.11 Å². The fraction of sp³-hybridized carbons (Fsp3) is 0.500. The van der Waals surface area contributed by atoms with Crippen LogP contribution in [-0.2, 0) is 0 Å². The van der Waals surface area contributed by atoms with Gasteiger partial charge in [0, 0.05) is 19.3 Å². The Hall–Kier alpha value is -1.58.